The Balaban J connectivity index is 2.08. The number of rotatable bonds is 4. The zero-order valence-corrected chi connectivity index (χ0v) is 8.83. The predicted octanol–water partition coefficient (Wildman–Crippen LogP) is 1.73. The average Bonchev–Trinajstić information content (AvgIpc) is 2.84. The fraction of sp³-hybridized carbons (Fsp3) is 0.909. The second kappa shape index (κ2) is 3.54. The van der Waals surface area contributed by atoms with Crippen LogP contribution in [0.25, 0.3) is 0 Å². The lowest BCUT2D eigenvalue weighted by atomic mass is 9.93. The highest BCUT2D eigenvalue weighted by atomic mass is 16.4. The molecule has 1 heterocycles. The van der Waals surface area contributed by atoms with E-state index >= 15 is 0 Å². The number of hydrogen-bond acceptors (Lipinski definition) is 2. The first-order chi connectivity index (χ1) is 6.69. The summed E-state index contributed by atoms with van der Waals surface area (Å²) in [6.07, 6.45) is 5.24. The molecule has 2 aliphatic rings. The molecule has 1 atom stereocenters. The topological polar surface area (TPSA) is 40.5 Å². The number of carboxylic acids is 1. The van der Waals surface area contributed by atoms with E-state index in [-0.39, 0.29) is 0 Å². The third-order valence-corrected chi connectivity index (χ3v) is 3.78. The molecule has 3 nitrogen and oxygen atoms in total. The van der Waals surface area contributed by atoms with Gasteiger partial charge in [0.15, 0.2) is 0 Å². The van der Waals surface area contributed by atoms with Crippen LogP contribution in [0.1, 0.15) is 39.0 Å². The van der Waals surface area contributed by atoms with E-state index in [9.17, 15) is 9.90 Å². The normalized spacial score (nSPS) is 33.5. The van der Waals surface area contributed by atoms with Crippen molar-refractivity contribution in [3.63, 3.8) is 0 Å². The Morgan fingerprint density at radius 1 is 1.57 bits per heavy atom. The number of hydrogen-bond donors (Lipinski definition) is 1. The Hall–Kier alpha value is -0.570. The highest BCUT2D eigenvalue weighted by molar-refractivity contribution is 5.79. The molecular formula is C11H19NO2. The largest absolute Gasteiger partial charge is 0.480 e. The van der Waals surface area contributed by atoms with Crippen molar-refractivity contribution in [1.82, 2.24) is 4.90 Å². The maximum Gasteiger partial charge on any atom is 0.324 e. The molecule has 0 aromatic carbocycles. The zero-order chi connectivity index (χ0) is 10.2. The Bertz CT molecular complexity index is 237. The molecular weight excluding hydrogens is 178 g/mol. The van der Waals surface area contributed by atoms with Crippen molar-refractivity contribution in [2.75, 3.05) is 13.1 Å². The SMILES string of the molecule is CCC1(C(=O)O)CCCN1CC1CC1. The van der Waals surface area contributed by atoms with Crippen molar-refractivity contribution in [1.29, 1.82) is 0 Å². The van der Waals surface area contributed by atoms with E-state index in [1.54, 1.807) is 0 Å². The van der Waals surface area contributed by atoms with Gasteiger partial charge in [-0.3, -0.25) is 9.69 Å². The second-order valence-corrected chi connectivity index (χ2v) is 4.68. The van der Waals surface area contributed by atoms with Crippen LogP contribution in [0.15, 0.2) is 0 Å². The molecule has 3 heteroatoms. The monoisotopic (exact) mass is 197 g/mol. The van der Waals surface area contributed by atoms with Crippen LogP contribution in [-0.4, -0.2) is 34.6 Å². The third-order valence-electron chi connectivity index (χ3n) is 3.78. The summed E-state index contributed by atoms with van der Waals surface area (Å²) >= 11 is 0. The van der Waals surface area contributed by atoms with Gasteiger partial charge in [-0.15, -0.1) is 0 Å². The summed E-state index contributed by atoms with van der Waals surface area (Å²) in [5.74, 6) is 0.177. The Labute approximate surface area is 85.1 Å². The van der Waals surface area contributed by atoms with Crippen molar-refractivity contribution < 1.29 is 9.90 Å². The van der Waals surface area contributed by atoms with Crippen LogP contribution in [0.4, 0.5) is 0 Å². The van der Waals surface area contributed by atoms with Gasteiger partial charge in [0, 0.05) is 6.54 Å². The molecule has 0 bridgehead atoms. The molecule has 0 amide bonds. The maximum atomic E-state index is 11.3. The molecule has 2 fully saturated rings. The quantitative estimate of drug-likeness (QED) is 0.746. The van der Waals surface area contributed by atoms with Gasteiger partial charge < -0.3 is 5.11 Å². The fourth-order valence-corrected chi connectivity index (χ4v) is 2.61. The lowest BCUT2D eigenvalue weighted by Gasteiger charge is -2.33. The molecule has 1 saturated carbocycles. The molecule has 2 rings (SSSR count). The van der Waals surface area contributed by atoms with Crippen LogP contribution in [-0.2, 0) is 4.79 Å². The third kappa shape index (κ3) is 1.54. The highest BCUT2D eigenvalue weighted by Gasteiger charge is 2.47. The van der Waals surface area contributed by atoms with E-state index in [0.29, 0.717) is 0 Å². The summed E-state index contributed by atoms with van der Waals surface area (Å²) in [5, 5.41) is 9.33. The smallest absolute Gasteiger partial charge is 0.324 e. The fourth-order valence-electron chi connectivity index (χ4n) is 2.61. The molecule has 1 aliphatic carbocycles. The number of carboxylic acid groups (broad SMARTS) is 1. The van der Waals surface area contributed by atoms with Crippen molar-refractivity contribution >= 4 is 5.97 Å². The maximum absolute atomic E-state index is 11.3. The summed E-state index contributed by atoms with van der Waals surface area (Å²) < 4.78 is 0. The van der Waals surface area contributed by atoms with E-state index < -0.39 is 11.5 Å². The summed E-state index contributed by atoms with van der Waals surface area (Å²) in [5.41, 5.74) is -0.525. The van der Waals surface area contributed by atoms with Gasteiger partial charge in [-0.05, 0) is 44.6 Å². The molecule has 1 saturated heterocycles. The number of carbonyl (C=O) groups is 1. The van der Waals surface area contributed by atoms with Gasteiger partial charge in [-0.2, -0.15) is 0 Å². The standard InChI is InChI=1S/C11H19NO2/c1-2-11(10(13)14)6-3-7-12(11)8-9-4-5-9/h9H,2-8H2,1H3,(H,13,14). The minimum atomic E-state index is -0.613. The van der Waals surface area contributed by atoms with Crippen LogP contribution < -0.4 is 0 Å². The predicted molar refractivity (Wildman–Crippen MR) is 54.2 cm³/mol. The van der Waals surface area contributed by atoms with Crippen LogP contribution in [0, 0.1) is 5.92 Å². The molecule has 1 unspecified atom stereocenters. The van der Waals surface area contributed by atoms with Gasteiger partial charge in [0.2, 0.25) is 0 Å². The highest BCUT2D eigenvalue weighted by Crippen LogP contribution is 2.38. The average molecular weight is 197 g/mol. The van der Waals surface area contributed by atoms with E-state index in [4.69, 9.17) is 0 Å². The molecule has 80 valence electrons. The number of aliphatic carboxylic acids is 1. The number of likely N-dealkylation sites (tertiary alicyclic amines) is 1. The first kappa shape index (κ1) is 9.97. The van der Waals surface area contributed by atoms with Crippen molar-refractivity contribution in [3.05, 3.63) is 0 Å². The lowest BCUT2D eigenvalue weighted by Crippen LogP contribution is -2.50. The van der Waals surface area contributed by atoms with Crippen molar-refractivity contribution in [2.45, 2.75) is 44.6 Å². The minimum Gasteiger partial charge on any atom is -0.480 e. The first-order valence-electron chi connectivity index (χ1n) is 5.67. The molecule has 0 spiro atoms. The number of nitrogens with zero attached hydrogens (tertiary/aromatic N) is 1. The van der Waals surface area contributed by atoms with E-state index in [1.165, 1.54) is 12.8 Å². The Kier molecular flexibility index (Phi) is 2.52. The summed E-state index contributed by atoms with van der Waals surface area (Å²) in [7, 11) is 0. The molecule has 0 aromatic rings. The van der Waals surface area contributed by atoms with Crippen molar-refractivity contribution in [3.8, 4) is 0 Å². The van der Waals surface area contributed by atoms with E-state index in [0.717, 1.165) is 38.3 Å². The van der Waals surface area contributed by atoms with Crippen LogP contribution in [0.2, 0.25) is 0 Å². The minimum absolute atomic E-state index is 0.525. The van der Waals surface area contributed by atoms with Crippen molar-refractivity contribution in [2.24, 2.45) is 5.92 Å². The van der Waals surface area contributed by atoms with Gasteiger partial charge in [0.1, 0.15) is 5.54 Å². The second-order valence-electron chi connectivity index (χ2n) is 4.68. The van der Waals surface area contributed by atoms with E-state index in [1.807, 2.05) is 6.92 Å². The van der Waals surface area contributed by atoms with Gasteiger partial charge >= 0.3 is 5.97 Å². The molecule has 0 aromatic heterocycles. The summed E-state index contributed by atoms with van der Waals surface area (Å²) in [4.78, 5) is 13.5. The van der Waals surface area contributed by atoms with Gasteiger partial charge in [0.05, 0.1) is 0 Å². The van der Waals surface area contributed by atoms with Gasteiger partial charge in [0.25, 0.3) is 0 Å². The lowest BCUT2D eigenvalue weighted by molar-refractivity contribution is -0.150. The Morgan fingerprint density at radius 3 is 2.79 bits per heavy atom. The van der Waals surface area contributed by atoms with Crippen LogP contribution in [0.5, 0.6) is 0 Å². The van der Waals surface area contributed by atoms with Gasteiger partial charge in [-0.1, -0.05) is 6.92 Å². The molecule has 1 aliphatic heterocycles. The summed E-state index contributed by atoms with van der Waals surface area (Å²) in [6, 6.07) is 0. The van der Waals surface area contributed by atoms with Crippen LogP contribution >= 0.6 is 0 Å². The van der Waals surface area contributed by atoms with Crippen LogP contribution in [0.3, 0.4) is 0 Å². The molecule has 1 N–H and O–H groups in total. The Morgan fingerprint density at radius 2 is 2.29 bits per heavy atom. The molecule has 14 heavy (non-hydrogen) atoms. The molecule has 0 radical (unpaired) electrons. The first-order valence-corrected chi connectivity index (χ1v) is 5.67. The summed E-state index contributed by atoms with van der Waals surface area (Å²) in [6.45, 7) is 4.00. The van der Waals surface area contributed by atoms with Gasteiger partial charge in [-0.25, -0.2) is 0 Å². The zero-order valence-electron chi connectivity index (χ0n) is 8.83. The van der Waals surface area contributed by atoms with E-state index in [2.05, 4.69) is 4.90 Å².